The third-order valence-electron chi connectivity index (χ3n) is 2.72. The summed E-state index contributed by atoms with van der Waals surface area (Å²) >= 11 is 5.97. The van der Waals surface area contributed by atoms with E-state index in [4.69, 9.17) is 23.2 Å². The molecule has 1 heterocycles. The lowest BCUT2D eigenvalue weighted by Gasteiger charge is -2.16. The highest BCUT2D eigenvalue weighted by Crippen LogP contribution is 2.25. The van der Waals surface area contributed by atoms with E-state index in [1.165, 1.54) is 12.1 Å². The van der Waals surface area contributed by atoms with Gasteiger partial charge in [0.2, 0.25) is 0 Å². The largest absolute Gasteiger partial charge is 0.384 e. The molecule has 0 saturated heterocycles. The molecule has 5 nitrogen and oxygen atoms in total. The highest BCUT2D eigenvalue weighted by atomic mass is 35.5. The minimum atomic E-state index is -0.371. The SMILES string of the molecule is NNC(Cc1ccc(F)cc1Cl)c1cn[nH]c1N. The van der Waals surface area contributed by atoms with Crippen molar-refractivity contribution in [1.82, 2.24) is 15.6 Å². The lowest BCUT2D eigenvalue weighted by molar-refractivity contribution is 0.552. The zero-order valence-electron chi connectivity index (χ0n) is 9.45. The number of nitrogens with zero attached hydrogens (tertiary/aromatic N) is 1. The molecule has 1 unspecified atom stereocenters. The number of hydrazine groups is 1. The molecule has 2 rings (SSSR count). The molecule has 0 aliphatic rings. The molecule has 1 atom stereocenters. The van der Waals surface area contributed by atoms with Crippen LogP contribution in [0.4, 0.5) is 10.2 Å². The Morgan fingerprint density at radius 3 is 2.83 bits per heavy atom. The monoisotopic (exact) mass is 269 g/mol. The lowest BCUT2D eigenvalue weighted by Crippen LogP contribution is -2.30. The molecular formula is C11H13ClFN5. The van der Waals surface area contributed by atoms with Gasteiger partial charge < -0.3 is 5.73 Å². The molecule has 7 heteroatoms. The Labute approximate surface area is 108 Å². The molecule has 18 heavy (non-hydrogen) atoms. The van der Waals surface area contributed by atoms with Gasteiger partial charge in [-0.3, -0.25) is 16.4 Å². The summed E-state index contributed by atoms with van der Waals surface area (Å²) in [6, 6.07) is 4.00. The standard InChI is InChI=1S/C11H13ClFN5/c12-9-4-7(13)2-1-6(9)3-10(17-15)8-5-16-18-11(8)14/h1-2,4-5,10,17H,3,15H2,(H3,14,16,18). The van der Waals surface area contributed by atoms with Gasteiger partial charge >= 0.3 is 0 Å². The van der Waals surface area contributed by atoms with Crippen molar-refractivity contribution in [3.63, 3.8) is 0 Å². The van der Waals surface area contributed by atoms with E-state index in [0.29, 0.717) is 17.3 Å². The van der Waals surface area contributed by atoms with Gasteiger partial charge in [0.1, 0.15) is 11.6 Å². The molecule has 0 saturated carbocycles. The first kappa shape index (κ1) is 12.8. The van der Waals surface area contributed by atoms with E-state index in [1.807, 2.05) is 0 Å². The Hall–Kier alpha value is -1.63. The number of nitrogen functional groups attached to an aromatic ring is 1. The average molecular weight is 270 g/mol. The number of benzene rings is 1. The summed E-state index contributed by atoms with van der Waals surface area (Å²) in [5, 5.41) is 6.82. The second kappa shape index (κ2) is 5.34. The molecule has 0 aliphatic heterocycles. The molecule has 0 fully saturated rings. The Morgan fingerprint density at radius 2 is 2.28 bits per heavy atom. The van der Waals surface area contributed by atoms with E-state index in [1.54, 1.807) is 12.3 Å². The molecule has 96 valence electrons. The average Bonchev–Trinajstić information content (AvgIpc) is 2.75. The number of nitrogens with two attached hydrogens (primary N) is 2. The molecule has 0 bridgehead atoms. The van der Waals surface area contributed by atoms with Crippen LogP contribution in [-0.4, -0.2) is 10.2 Å². The number of hydrogen-bond acceptors (Lipinski definition) is 4. The van der Waals surface area contributed by atoms with E-state index in [2.05, 4.69) is 15.6 Å². The topological polar surface area (TPSA) is 92.7 Å². The van der Waals surface area contributed by atoms with Crippen molar-refractivity contribution in [1.29, 1.82) is 0 Å². The fourth-order valence-corrected chi connectivity index (χ4v) is 1.99. The number of anilines is 1. The third-order valence-corrected chi connectivity index (χ3v) is 3.07. The van der Waals surface area contributed by atoms with Crippen LogP contribution >= 0.6 is 11.6 Å². The Bertz CT molecular complexity index is 542. The van der Waals surface area contributed by atoms with Gasteiger partial charge in [-0.05, 0) is 24.1 Å². The quantitative estimate of drug-likeness (QED) is 0.500. The maximum atomic E-state index is 12.9. The molecule has 1 aromatic carbocycles. The summed E-state index contributed by atoms with van der Waals surface area (Å²) in [6.45, 7) is 0. The summed E-state index contributed by atoms with van der Waals surface area (Å²) in [6.07, 6.45) is 2.08. The normalized spacial score (nSPS) is 12.6. The van der Waals surface area contributed by atoms with Gasteiger partial charge in [0, 0.05) is 10.6 Å². The van der Waals surface area contributed by atoms with Crippen LogP contribution in [0, 0.1) is 5.82 Å². The molecular weight excluding hydrogens is 257 g/mol. The molecule has 0 amide bonds. The van der Waals surface area contributed by atoms with E-state index in [0.717, 1.165) is 11.1 Å². The number of aromatic amines is 1. The number of halogens is 2. The van der Waals surface area contributed by atoms with Crippen LogP contribution in [0.1, 0.15) is 17.2 Å². The van der Waals surface area contributed by atoms with Crippen molar-refractivity contribution in [2.24, 2.45) is 5.84 Å². The first-order valence-corrected chi connectivity index (χ1v) is 5.68. The number of rotatable bonds is 4. The van der Waals surface area contributed by atoms with E-state index < -0.39 is 0 Å². The Morgan fingerprint density at radius 1 is 1.50 bits per heavy atom. The van der Waals surface area contributed by atoms with Crippen molar-refractivity contribution in [3.05, 3.63) is 46.4 Å². The minimum Gasteiger partial charge on any atom is -0.384 e. The van der Waals surface area contributed by atoms with Crippen LogP contribution in [-0.2, 0) is 6.42 Å². The summed E-state index contributed by atoms with van der Waals surface area (Å²) < 4.78 is 12.9. The van der Waals surface area contributed by atoms with Crippen LogP contribution in [0.15, 0.2) is 24.4 Å². The lowest BCUT2D eigenvalue weighted by atomic mass is 10.0. The molecule has 1 aromatic heterocycles. The molecule has 2 aromatic rings. The summed E-state index contributed by atoms with van der Waals surface area (Å²) in [7, 11) is 0. The number of aromatic nitrogens is 2. The zero-order valence-corrected chi connectivity index (χ0v) is 10.2. The smallest absolute Gasteiger partial charge is 0.124 e. The van der Waals surface area contributed by atoms with Crippen molar-refractivity contribution in [3.8, 4) is 0 Å². The van der Waals surface area contributed by atoms with Gasteiger partial charge in [-0.1, -0.05) is 17.7 Å². The molecule has 6 N–H and O–H groups in total. The number of hydrogen-bond donors (Lipinski definition) is 4. The Balaban J connectivity index is 2.23. The van der Waals surface area contributed by atoms with E-state index in [9.17, 15) is 4.39 Å². The summed E-state index contributed by atoms with van der Waals surface area (Å²) in [5.74, 6) is 5.57. The fourth-order valence-electron chi connectivity index (χ4n) is 1.75. The van der Waals surface area contributed by atoms with Crippen molar-refractivity contribution < 1.29 is 4.39 Å². The highest BCUT2D eigenvalue weighted by Gasteiger charge is 2.16. The van der Waals surface area contributed by atoms with Crippen LogP contribution in [0.3, 0.4) is 0 Å². The van der Waals surface area contributed by atoms with Gasteiger partial charge in [-0.15, -0.1) is 0 Å². The van der Waals surface area contributed by atoms with Crippen molar-refractivity contribution >= 4 is 17.4 Å². The van der Waals surface area contributed by atoms with Crippen molar-refractivity contribution in [2.75, 3.05) is 5.73 Å². The van der Waals surface area contributed by atoms with Gasteiger partial charge in [0.15, 0.2) is 0 Å². The van der Waals surface area contributed by atoms with E-state index >= 15 is 0 Å². The van der Waals surface area contributed by atoms with Gasteiger partial charge in [-0.2, -0.15) is 5.10 Å². The third kappa shape index (κ3) is 2.61. The maximum absolute atomic E-state index is 12.9. The molecule has 0 radical (unpaired) electrons. The van der Waals surface area contributed by atoms with Gasteiger partial charge in [-0.25, -0.2) is 4.39 Å². The van der Waals surface area contributed by atoms with E-state index in [-0.39, 0.29) is 11.9 Å². The first-order valence-electron chi connectivity index (χ1n) is 5.30. The molecule has 0 spiro atoms. The predicted octanol–water partition coefficient (Wildman–Crippen LogP) is 1.53. The van der Waals surface area contributed by atoms with Crippen LogP contribution in [0.25, 0.3) is 0 Å². The summed E-state index contributed by atoms with van der Waals surface area (Å²) in [5.41, 5.74) is 9.90. The second-order valence-corrected chi connectivity index (χ2v) is 4.31. The van der Waals surface area contributed by atoms with Crippen molar-refractivity contribution in [2.45, 2.75) is 12.5 Å². The fraction of sp³-hybridized carbons (Fsp3) is 0.182. The zero-order chi connectivity index (χ0) is 13.1. The first-order chi connectivity index (χ1) is 8.61. The maximum Gasteiger partial charge on any atom is 0.124 e. The minimum absolute atomic E-state index is 0.244. The predicted molar refractivity (Wildman–Crippen MR) is 68.2 cm³/mol. The highest BCUT2D eigenvalue weighted by molar-refractivity contribution is 6.31. The number of nitrogens with one attached hydrogen (secondary N) is 2. The van der Waals surface area contributed by atoms with Crippen LogP contribution in [0.2, 0.25) is 5.02 Å². The Kier molecular flexibility index (Phi) is 3.81. The summed E-state index contributed by atoms with van der Waals surface area (Å²) in [4.78, 5) is 0. The van der Waals surface area contributed by atoms with Crippen LogP contribution < -0.4 is 17.0 Å². The number of H-pyrrole nitrogens is 1. The second-order valence-electron chi connectivity index (χ2n) is 3.90. The van der Waals surface area contributed by atoms with Crippen LogP contribution in [0.5, 0.6) is 0 Å². The van der Waals surface area contributed by atoms with Gasteiger partial charge in [0.25, 0.3) is 0 Å². The molecule has 0 aliphatic carbocycles. The van der Waals surface area contributed by atoms with Gasteiger partial charge in [0.05, 0.1) is 12.2 Å².